The number of ether oxygens (including phenoxy) is 2. The first-order valence-corrected chi connectivity index (χ1v) is 11.4. The summed E-state index contributed by atoms with van der Waals surface area (Å²) in [5.74, 6) is 1.84. The molecule has 0 spiro atoms. The Balaban J connectivity index is 1.89. The van der Waals surface area contributed by atoms with Gasteiger partial charge in [-0.2, -0.15) is 10.1 Å². The van der Waals surface area contributed by atoms with Gasteiger partial charge in [0, 0.05) is 24.0 Å². The second kappa shape index (κ2) is 9.50. The molecule has 4 rings (SSSR count). The summed E-state index contributed by atoms with van der Waals surface area (Å²) in [6, 6.07) is 14.7. The van der Waals surface area contributed by atoms with E-state index in [1.165, 1.54) is 16.8 Å². The summed E-state index contributed by atoms with van der Waals surface area (Å²) in [7, 11) is 3.19. The molecule has 0 N–H and O–H groups in total. The molecule has 1 aromatic heterocycles. The van der Waals surface area contributed by atoms with Gasteiger partial charge >= 0.3 is 0 Å². The van der Waals surface area contributed by atoms with Crippen molar-refractivity contribution in [2.24, 2.45) is 5.10 Å². The number of methoxy groups -OCH3 is 2. The normalized spacial score (nSPS) is 12.7. The van der Waals surface area contributed by atoms with Crippen molar-refractivity contribution in [2.75, 3.05) is 19.2 Å². The Bertz CT molecular complexity index is 1230. The maximum absolute atomic E-state index is 13.1. The standard InChI is InChI=1S/C24H24N4O4S/c1-5-19(29)27-21(15-10-12-17(31-3)13-11-15)25-22-24(27)33-23(26-28(22)20(30)6-2)16-8-7-9-18(14-16)32-4/h7-14H,5-6H2,1-4H3. The molecule has 1 amide bonds. The Morgan fingerprint density at radius 2 is 1.61 bits per heavy atom. The van der Waals surface area contributed by atoms with Gasteiger partial charge in [0.2, 0.25) is 11.8 Å². The molecule has 0 bridgehead atoms. The molecule has 8 nitrogen and oxygen atoms in total. The van der Waals surface area contributed by atoms with Crippen LogP contribution in [0.1, 0.15) is 37.0 Å². The SMILES string of the molecule is CCC(=O)N1N=C(c2cccc(OC)c2)Sc2c1nc(-c1ccc(OC)cc1)n2C(=O)CC. The van der Waals surface area contributed by atoms with E-state index in [1.54, 1.807) is 32.6 Å². The number of carbonyl (C=O) groups excluding carboxylic acids is 2. The van der Waals surface area contributed by atoms with E-state index in [0.29, 0.717) is 33.2 Å². The number of hydrogen-bond acceptors (Lipinski definition) is 7. The number of fused-ring (bicyclic) bond motifs is 1. The van der Waals surface area contributed by atoms with E-state index in [-0.39, 0.29) is 24.7 Å². The van der Waals surface area contributed by atoms with E-state index >= 15 is 0 Å². The van der Waals surface area contributed by atoms with Crippen LogP contribution in [-0.4, -0.2) is 40.6 Å². The predicted molar refractivity (Wildman–Crippen MR) is 128 cm³/mol. The number of hydrazone groups is 1. The molecule has 9 heteroatoms. The highest BCUT2D eigenvalue weighted by Gasteiger charge is 2.33. The zero-order valence-electron chi connectivity index (χ0n) is 18.9. The molecule has 0 atom stereocenters. The van der Waals surface area contributed by atoms with E-state index in [4.69, 9.17) is 14.5 Å². The maximum Gasteiger partial charge on any atom is 0.248 e. The Morgan fingerprint density at radius 3 is 2.24 bits per heavy atom. The number of thioether (sulfide) groups is 1. The first-order chi connectivity index (χ1) is 16.0. The van der Waals surface area contributed by atoms with Crippen molar-refractivity contribution in [3.63, 3.8) is 0 Å². The van der Waals surface area contributed by atoms with E-state index in [2.05, 4.69) is 5.10 Å². The van der Waals surface area contributed by atoms with Crippen LogP contribution in [0.5, 0.6) is 11.5 Å². The molecule has 0 fully saturated rings. The number of amides is 1. The Hall–Kier alpha value is -3.59. The highest BCUT2D eigenvalue weighted by atomic mass is 32.2. The lowest BCUT2D eigenvalue weighted by atomic mass is 10.2. The van der Waals surface area contributed by atoms with Crippen molar-refractivity contribution in [2.45, 2.75) is 31.7 Å². The minimum atomic E-state index is -0.216. The molecule has 0 radical (unpaired) electrons. The predicted octanol–water partition coefficient (Wildman–Crippen LogP) is 4.83. The number of imidazole rings is 1. The van der Waals surface area contributed by atoms with Crippen molar-refractivity contribution in [1.82, 2.24) is 9.55 Å². The fourth-order valence-electron chi connectivity index (χ4n) is 3.39. The lowest BCUT2D eigenvalue weighted by molar-refractivity contribution is -0.118. The third-order valence-electron chi connectivity index (χ3n) is 5.16. The number of hydrogen-bond donors (Lipinski definition) is 0. The zero-order valence-corrected chi connectivity index (χ0v) is 19.7. The lowest BCUT2D eigenvalue weighted by Crippen LogP contribution is -2.29. The Labute approximate surface area is 196 Å². The molecule has 33 heavy (non-hydrogen) atoms. The van der Waals surface area contributed by atoms with Crippen LogP contribution in [0.25, 0.3) is 11.4 Å². The van der Waals surface area contributed by atoms with Crippen LogP contribution in [0.4, 0.5) is 5.82 Å². The van der Waals surface area contributed by atoms with Crippen LogP contribution in [0, 0.1) is 0 Å². The highest BCUT2D eigenvalue weighted by molar-refractivity contribution is 8.14. The number of carbonyl (C=O) groups is 2. The second-order valence-corrected chi connectivity index (χ2v) is 8.15. The third-order valence-corrected chi connectivity index (χ3v) is 6.23. The molecule has 0 saturated heterocycles. The maximum atomic E-state index is 13.1. The van der Waals surface area contributed by atoms with E-state index in [9.17, 15) is 9.59 Å². The van der Waals surface area contributed by atoms with Gasteiger partial charge in [-0.15, -0.1) is 0 Å². The fraction of sp³-hybridized carbons (Fsp3) is 0.250. The Kier molecular flexibility index (Phi) is 6.50. The molecule has 2 heterocycles. The summed E-state index contributed by atoms with van der Waals surface area (Å²) in [5, 5.41) is 7.04. The average molecular weight is 465 g/mol. The summed E-state index contributed by atoms with van der Waals surface area (Å²) in [5.41, 5.74) is 1.51. The van der Waals surface area contributed by atoms with Crippen LogP contribution in [0.2, 0.25) is 0 Å². The molecule has 1 aliphatic heterocycles. The largest absolute Gasteiger partial charge is 0.497 e. The molecule has 170 valence electrons. The minimum Gasteiger partial charge on any atom is -0.497 e. The zero-order chi connectivity index (χ0) is 23.5. The summed E-state index contributed by atoms with van der Waals surface area (Å²) < 4.78 is 12.2. The number of nitrogens with zero attached hydrogens (tertiary/aromatic N) is 4. The van der Waals surface area contributed by atoms with Crippen LogP contribution in [0.15, 0.2) is 58.7 Å². The van der Waals surface area contributed by atoms with Crippen LogP contribution in [-0.2, 0) is 4.79 Å². The van der Waals surface area contributed by atoms with E-state index < -0.39 is 0 Å². The van der Waals surface area contributed by atoms with Crippen molar-refractivity contribution < 1.29 is 19.1 Å². The quantitative estimate of drug-likeness (QED) is 0.520. The monoisotopic (exact) mass is 464 g/mol. The first kappa shape index (κ1) is 22.6. The van der Waals surface area contributed by atoms with Crippen LogP contribution < -0.4 is 14.5 Å². The van der Waals surface area contributed by atoms with Gasteiger partial charge < -0.3 is 9.47 Å². The third kappa shape index (κ3) is 4.23. The summed E-state index contributed by atoms with van der Waals surface area (Å²) >= 11 is 1.31. The smallest absolute Gasteiger partial charge is 0.248 e. The molecule has 0 saturated carbocycles. The van der Waals surface area contributed by atoms with Gasteiger partial charge in [-0.3, -0.25) is 14.2 Å². The van der Waals surface area contributed by atoms with Gasteiger partial charge in [0.15, 0.2) is 5.82 Å². The lowest BCUT2D eigenvalue weighted by Gasteiger charge is -2.22. The molecule has 0 unspecified atom stereocenters. The Morgan fingerprint density at radius 1 is 0.909 bits per heavy atom. The van der Waals surface area contributed by atoms with Crippen molar-refractivity contribution >= 4 is 34.4 Å². The minimum absolute atomic E-state index is 0.127. The van der Waals surface area contributed by atoms with E-state index in [1.807, 2.05) is 48.5 Å². The van der Waals surface area contributed by atoms with Crippen molar-refractivity contribution in [3.8, 4) is 22.9 Å². The summed E-state index contributed by atoms with van der Waals surface area (Å²) in [4.78, 5) is 30.6. The van der Waals surface area contributed by atoms with Gasteiger partial charge in [-0.1, -0.05) is 26.0 Å². The van der Waals surface area contributed by atoms with Gasteiger partial charge in [-0.05, 0) is 48.2 Å². The van der Waals surface area contributed by atoms with Crippen molar-refractivity contribution in [1.29, 1.82) is 0 Å². The summed E-state index contributed by atoms with van der Waals surface area (Å²) in [6.45, 7) is 3.56. The average Bonchev–Trinajstić information content (AvgIpc) is 3.26. The van der Waals surface area contributed by atoms with Gasteiger partial charge in [0.05, 0.1) is 14.2 Å². The number of aromatic nitrogens is 2. The van der Waals surface area contributed by atoms with Crippen LogP contribution >= 0.6 is 11.8 Å². The van der Waals surface area contributed by atoms with Crippen molar-refractivity contribution in [3.05, 3.63) is 54.1 Å². The van der Waals surface area contributed by atoms with Gasteiger partial charge in [0.25, 0.3) is 0 Å². The topological polar surface area (TPSA) is 86.0 Å². The number of rotatable bonds is 6. The number of benzene rings is 2. The fourth-order valence-corrected chi connectivity index (χ4v) is 4.45. The van der Waals surface area contributed by atoms with Gasteiger partial charge in [-0.25, -0.2) is 4.98 Å². The van der Waals surface area contributed by atoms with Crippen LogP contribution in [0.3, 0.4) is 0 Å². The molecule has 0 aliphatic carbocycles. The number of anilines is 1. The van der Waals surface area contributed by atoms with E-state index in [0.717, 1.165) is 11.1 Å². The van der Waals surface area contributed by atoms with Gasteiger partial charge in [0.1, 0.15) is 27.4 Å². The molecule has 3 aromatic rings. The second-order valence-electron chi connectivity index (χ2n) is 7.17. The molecule has 2 aromatic carbocycles. The first-order valence-electron chi connectivity index (χ1n) is 10.5. The highest BCUT2D eigenvalue weighted by Crippen LogP contribution is 2.41. The molecule has 1 aliphatic rings. The summed E-state index contributed by atoms with van der Waals surface area (Å²) in [6.07, 6.45) is 0.519. The molecular formula is C24H24N4O4S. The molecular weight excluding hydrogens is 440 g/mol.